The van der Waals surface area contributed by atoms with E-state index in [4.69, 9.17) is 24.4 Å². The first kappa shape index (κ1) is 18.2. The van der Waals surface area contributed by atoms with E-state index < -0.39 is 0 Å². The highest BCUT2D eigenvalue weighted by atomic mass is 32.1. The largest absolute Gasteiger partial charge is 0.360 e. The van der Waals surface area contributed by atoms with Crippen molar-refractivity contribution in [3.05, 3.63) is 60.7 Å². The topological polar surface area (TPSA) is 48.1 Å². The lowest BCUT2D eigenvalue weighted by Gasteiger charge is -2.21. The molecule has 0 fully saturated rings. The smallest absolute Gasteiger partial charge is 0.171 e. The van der Waals surface area contributed by atoms with E-state index in [1.54, 1.807) is 0 Å². The minimum Gasteiger partial charge on any atom is -0.360 e. The SMILES string of the molecule is CC[C@H](CNC(=S)Nc1ccccc1)NC(=S)Nc1ccccc1. The molecule has 0 heterocycles. The van der Waals surface area contributed by atoms with E-state index >= 15 is 0 Å². The Hall–Kier alpha value is -2.18. The molecule has 126 valence electrons. The molecule has 2 aromatic rings. The summed E-state index contributed by atoms with van der Waals surface area (Å²) in [6.45, 7) is 2.80. The Morgan fingerprint density at radius 3 is 1.83 bits per heavy atom. The first-order chi connectivity index (χ1) is 11.7. The summed E-state index contributed by atoms with van der Waals surface area (Å²) >= 11 is 10.7. The van der Waals surface area contributed by atoms with Crippen molar-refractivity contribution in [3.8, 4) is 0 Å². The molecule has 0 aliphatic rings. The summed E-state index contributed by atoms with van der Waals surface area (Å²) in [4.78, 5) is 0. The lowest BCUT2D eigenvalue weighted by molar-refractivity contribution is 0.577. The maximum absolute atomic E-state index is 5.36. The highest BCUT2D eigenvalue weighted by molar-refractivity contribution is 7.80. The van der Waals surface area contributed by atoms with Crippen molar-refractivity contribution in [3.63, 3.8) is 0 Å². The van der Waals surface area contributed by atoms with Crippen LogP contribution >= 0.6 is 24.4 Å². The first-order valence-corrected chi connectivity index (χ1v) is 8.71. The molecular weight excluding hydrogens is 336 g/mol. The Kier molecular flexibility index (Phi) is 7.45. The van der Waals surface area contributed by atoms with Crippen molar-refractivity contribution in [2.24, 2.45) is 0 Å². The number of anilines is 2. The summed E-state index contributed by atoms with van der Waals surface area (Å²) in [5, 5.41) is 14.1. The normalized spacial score (nSPS) is 11.2. The number of hydrogen-bond acceptors (Lipinski definition) is 2. The molecule has 0 saturated heterocycles. The Labute approximate surface area is 154 Å². The van der Waals surface area contributed by atoms with Crippen molar-refractivity contribution >= 4 is 46.0 Å². The van der Waals surface area contributed by atoms with Crippen LogP contribution in [0.3, 0.4) is 0 Å². The Morgan fingerprint density at radius 2 is 1.33 bits per heavy atom. The highest BCUT2D eigenvalue weighted by Gasteiger charge is 2.08. The van der Waals surface area contributed by atoms with E-state index in [0.717, 1.165) is 17.8 Å². The number of benzene rings is 2. The van der Waals surface area contributed by atoms with Gasteiger partial charge in [-0.2, -0.15) is 0 Å². The lowest BCUT2D eigenvalue weighted by atomic mass is 10.2. The number of para-hydroxylation sites is 2. The number of nitrogens with one attached hydrogen (secondary N) is 4. The fourth-order valence-electron chi connectivity index (χ4n) is 2.08. The maximum Gasteiger partial charge on any atom is 0.171 e. The molecule has 0 bridgehead atoms. The molecule has 6 heteroatoms. The first-order valence-electron chi connectivity index (χ1n) is 7.90. The molecular formula is C18H22N4S2. The number of hydrogen-bond donors (Lipinski definition) is 4. The van der Waals surface area contributed by atoms with Crippen LogP contribution in [-0.4, -0.2) is 22.8 Å². The van der Waals surface area contributed by atoms with Gasteiger partial charge in [0.1, 0.15) is 0 Å². The van der Waals surface area contributed by atoms with Crippen LogP contribution in [0.25, 0.3) is 0 Å². The number of thiocarbonyl (C=S) groups is 2. The molecule has 0 aliphatic heterocycles. The van der Waals surface area contributed by atoms with E-state index in [-0.39, 0.29) is 6.04 Å². The molecule has 1 atom stereocenters. The summed E-state index contributed by atoms with van der Waals surface area (Å²) in [5.41, 5.74) is 1.94. The minimum atomic E-state index is 0.184. The second-order valence-electron chi connectivity index (χ2n) is 5.27. The average Bonchev–Trinajstić information content (AvgIpc) is 2.60. The van der Waals surface area contributed by atoms with Gasteiger partial charge in [-0.15, -0.1) is 0 Å². The zero-order valence-electron chi connectivity index (χ0n) is 13.6. The summed E-state index contributed by atoms with van der Waals surface area (Å²) in [5.74, 6) is 0. The van der Waals surface area contributed by atoms with Gasteiger partial charge in [0.25, 0.3) is 0 Å². The van der Waals surface area contributed by atoms with Gasteiger partial charge in [-0.25, -0.2) is 0 Å². The molecule has 0 unspecified atom stereocenters. The zero-order valence-corrected chi connectivity index (χ0v) is 15.2. The van der Waals surface area contributed by atoms with Crippen LogP contribution in [-0.2, 0) is 0 Å². The van der Waals surface area contributed by atoms with Crippen LogP contribution in [0.2, 0.25) is 0 Å². The van der Waals surface area contributed by atoms with E-state index in [1.165, 1.54) is 0 Å². The van der Waals surface area contributed by atoms with Crippen molar-refractivity contribution in [2.75, 3.05) is 17.2 Å². The van der Waals surface area contributed by atoms with Gasteiger partial charge in [0.15, 0.2) is 10.2 Å². The van der Waals surface area contributed by atoms with Crippen LogP contribution < -0.4 is 21.3 Å². The monoisotopic (exact) mass is 358 g/mol. The lowest BCUT2D eigenvalue weighted by Crippen LogP contribution is -2.45. The second-order valence-corrected chi connectivity index (χ2v) is 6.09. The van der Waals surface area contributed by atoms with E-state index in [0.29, 0.717) is 16.8 Å². The summed E-state index contributed by atoms with van der Waals surface area (Å²) in [7, 11) is 0. The second kappa shape index (κ2) is 9.85. The van der Waals surface area contributed by atoms with Crippen molar-refractivity contribution in [2.45, 2.75) is 19.4 Å². The minimum absolute atomic E-state index is 0.184. The predicted molar refractivity (Wildman–Crippen MR) is 111 cm³/mol. The van der Waals surface area contributed by atoms with Crippen LogP contribution in [0, 0.1) is 0 Å². The van der Waals surface area contributed by atoms with Crippen molar-refractivity contribution < 1.29 is 0 Å². The molecule has 4 nitrogen and oxygen atoms in total. The van der Waals surface area contributed by atoms with Crippen molar-refractivity contribution in [1.82, 2.24) is 10.6 Å². The molecule has 2 aromatic carbocycles. The quantitative estimate of drug-likeness (QED) is 0.590. The summed E-state index contributed by atoms with van der Waals surface area (Å²) < 4.78 is 0. The van der Waals surface area contributed by atoms with E-state index in [9.17, 15) is 0 Å². The Bertz CT molecular complexity index is 647. The zero-order chi connectivity index (χ0) is 17.2. The molecule has 0 amide bonds. The number of rotatable bonds is 6. The standard InChI is InChI=1S/C18H22N4S2/c1-2-14(20-18(24)22-16-11-7-4-8-12-16)13-19-17(23)21-15-9-5-3-6-10-15/h3-12,14H,2,13H2,1H3,(H2,19,21,23)(H2,20,22,24)/t14-/m1/s1. The molecule has 0 saturated carbocycles. The summed E-state index contributed by atoms with van der Waals surface area (Å²) in [6, 6.07) is 19.9. The van der Waals surface area contributed by atoms with E-state index in [1.807, 2.05) is 60.7 Å². The van der Waals surface area contributed by atoms with Crippen LogP contribution in [0.5, 0.6) is 0 Å². The van der Waals surface area contributed by atoms with Gasteiger partial charge in [-0.3, -0.25) is 0 Å². The van der Waals surface area contributed by atoms with E-state index in [2.05, 4.69) is 28.2 Å². The fourth-order valence-corrected chi connectivity index (χ4v) is 2.57. The van der Waals surface area contributed by atoms with Gasteiger partial charge in [-0.1, -0.05) is 43.3 Å². The highest BCUT2D eigenvalue weighted by Crippen LogP contribution is 2.06. The molecule has 24 heavy (non-hydrogen) atoms. The molecule has 0 aromatic heterocycles. The summed E-state index contributed by atoms with van der Waals surface area (Å²) in [6.07, 6.45) is 0.928. The maximum atomic E-state index is 5.36. The third-order valence-corrected chi connectivity index (χ3v) is 3.87. The van der Waals surface area contributed by atoms with Gasteiger partial charge in [0, 0.05) is 24.0 Å². The molecule has 2 rings (SSSR count). The van der Waals surface area contributed by atoms with Crippen LogP contribution in [0.15, 0.2) is 60.7 Å². The molecule has 0 radical (unpaired) electrons. The Morgan fingerprint density at radius 1 is 0.833 bits per heavy atom. The van der Waals surface area contributed by atoms with Gasteiger partial charge in [-0.05, 0) is 55.1 Å². The van der Waals surface area contributed by atoms with Crippen LogP contribution in [0.1, 0.15) is 13.3 Å². The third-order valence-electron chi connectivity index (χ3n) is 3.40. The van der Waals surface area contributed by atoms with Gasteiger partial charge in [0.2, 0.25) is 0 Å². The molecule has 0 aliphatic carbocycles. The van der Waals surface area contributed by atoms with Gasteiger partial charge >= 0.3 is 0 Å². The molecule has 4 N–H and O–H groups in total. The van der Waals surface area contributed by atoms with Crippen molar-refractivity contribution in [1.29, 1.82) is 0 Å². The average molecular weight is 359 g/mol. The van der Waals surface area contributed by atoms with Gasteiger partial charge < -0.3 is 21.3 Å². The third kappa shape index (κ3) is 6.52. The predicted octanol–water partition coefficient (Wildman–Crippen LogP) is 3.74. The van der Waals surface area contributed by atoms with Crippen LogP contribution in [0.4, 0.5) is 11.4 Å². The van der Waals surface area contributed by atoms with Gasteiger partial charge in [0.05, 0.1) is 0 Å². The fraction of sp³-hybridized carbons (Fsp3) is 0.222. The molecule has 0 spiro atoms. The Balaban J connectivity index is 1.75.